The van der Waals surface area contributed by atoms with E-state index < -0.39 is 0 Å². The van der Waals surface area contributed by atoms with Gasteiger partial charge in [-0.2, -0.15) is 0 Å². The van der Waals surface area contributed by atoms with Crippen LogP contribution in [0, 0.1) is 20.8 Å². The Kier molecular flexibility index (Phi) is 5.67. The summed E-state index contributed by atoms with van der Waals surface area (Å²) in [4.78, 5) is 0. The van der Waals surface area contributed by atoms with Crippen LogP contribution >= 0.6 is 7.92 Å². The van der Waals surface area contributed by atoms with E-state index in [1.807, 2.05) is 0 Å². The van der Waals surface area contributed by atoms with Gasteiger partial charge in [0.1, 0.15) is 0 Å². The summed E-state index contributed by atoms with van der Waals surface area (Å²) < 4.78 is 0. The SMILES string of the molecule is CCCC1CCC(CCC)P1c1ccc(C)c(C)c1C. The lowest BCUT2D eigenvalue weighted by Crippen LogP contribution is -2.18. The predicted octanol–water partition coefficient (Wildman–Crippen LogP) is 5.85. The molecular weight excluding hydrogens is 259 g/mol. The average Bonchev–Trinajstić information content (AvgIpc) is 2.81. The van der Waals surface area contributed by atoms with Crippen LogP contribution in [0.15, 0.2) is 12.1 Å². The van der Waals surface area contributed by atoms with E-state index in [9.17, 15) is 0 Å². The van der Waals surface area contributed by atoms with Gasteiger partial charge < -0.3 is 0 Å². The molecule has 1 saturated heterocycles. The molecule has 0 N–H and O–H groups in total. The molecule has 1 aliphatic heterocycles. The molecule has 1 fully saturated rings. The van der Waals surface area contributed by atoms with E-state index in [0.717, 1.165) is 11.3 Å². The van der Waals surface area contributed by atoms with E-state index in [1.54, 1.807) is 10.9 Å². The summed E-state index contributed by atoms with van der Waals surface area (Å²) in [5, 5.41) is 1.73. The minimum absolute atomic E-state index is 0.0717. The molecule has 2 unspecified atom stereocenters. The Morgan fingerprint density at radius 1 is 0.900 bits per heavy atom. The lowest BCUT2D eigenvalue weighted by atomic mass is 10.1. The molecular formula is C19H31P. The van der Waals surface area contributed by atoms with E-state index in [1.165, 1.54) is 49.7 Å². The molecule has 0 aromatic heterocycles. The lowest BCUT2D eigenvalue weighted by molar-refractivity contribution is 0.649. The van der Waals surface area contributed by atoms with E-state index in [2.05, 4.69) is 46.8 Å². The highest BCUT2D eigenvalue weighted by atomic mass is 31.1. The molecule has 1 aromatic carbocycles. The van der Waals surface area contributed by atoms with Crippen molar-refractivity contribution >= 4 is 13.2 Å². The van der Waals surface area contributed by atoms with Crippen molar-refractivity contribution in [3.05, 3.63) is 28.8 Å². The van der Waals surface area contributed by atoms with Crippen molar-refractivity contribution in [2.24, 2.45) is 0 Å². The van der Waals surface area contributed by atoms with Crippen LogP contribution in [0.3, 0.4) is 0 Å². The molecule has 1 aromatic rings. The zero-order chi connectivity index (χ0) is 14.7. The maximum absolute atomic E-state index is 2.47. The Labute approximate surface area is 127 Å². The van der Waals surface area contributed by atoms with Crippen molar-refractivity contribution in [2.45, 2.75) is 84.5 Å². The lowest BCUT2D eigenvalue weighted by Gasteiger charge is -2.28. The molecule has 0 saturated carbocycles. The van der Waals surface area contributed by atoms with Gasteiger partial charge in [-0.1, -0.05) is 46.7 Å². The fraction of sp³-hybridized carbons (Fsp3) is 0.684. The van der Waals surface area contributed by atoms with Crippen molar-refractivity contribution in [3.63, 3.8) is 0 Å². The molecule has 20 heavy (non-hydrogen) atoms. The molecule has 0 nitrogen and oxygen atoms in total. The third kappa shape index (κ3) is 3.11. The topological polar surface area (TPSA) is 0 Å². The zero-order valence-corrected chi connectivity index (χ0v) is 14.9. The Morgan fingerprint density at radius 3 is 1.95 bits per heavy atom. The molecule has 1 heterocycles. The van der Waals surface area contributed by atoms with Crippen LogP contribution in [0.4, 0.5) is 0 Å². The van der Waals surface area contributed by atoms with Gasteiger partial charge in [-0.25, -0.2) is 0 Å². The largest absolute Gasteiger partial charge is 0.0687 e. The smallest absolute Gasteiger partial charge is 0.0166 e. The van der Waals surface area contributed by atoms with Gasteiger partial charge in [0.05, 0.1) is 0 Å². The summed E-state index contributed by atoms with van der Waals surface area (Å²) >= 11 is 0. The Bertz CT molecular complexity index is 435. The normalized spacial score (nSPS) is 26.1. The highest BCUT2D eigenvalue weighted by Gasteiger charge is 2.36. The molecule has 0 bridgehead atoms. The number of rotatable bonds is 5. The average molecular weight is 290 g/mol. The fourth-order valence-corrected chi connectivity index (χ4v) is 7.92. The first-order chi connectivity index (χ1) is 9.60. The molecule has 0 amide bonds. The second kappa shape index (κ2) is 7.08. The predicted molar refractivity (Wildman–Crippen MR) is 93.8 cm³/mol. The molecule has 0 spiro atoms. The second-order valence-corrected chi connectivity index (χ2v) is 9.28. The molecule has 1 aliphatic rings. The Hall–Kier alpha value is -0.350. The van der Waals surface area contributed by atoms with Crippen molar-refractivity contribution in [1.29, 1.82) is 0 Å². The number of aryl methyl sites for hydroxylation is 1. The van der Waals surface area contributed by atoms with Crippen molar-refractivity contribution in [1.82, 2.24) is 0 Å². The maximum Gasteiger partial charge on any atom is -0.0166 e. The Balaban J connectivity index is 2.36. The Morgan fingerprint density at radius 2 is 1.45 bits per heavy atom. The van der Waals surface area contributed by atoms with Gasteiger partial charge >= 0.3 is 0 Å². The third-order valence-corrected chi connectivity index (χ3v) is 8.82. The van der Waals surface area contributed by atoms with E-state index in [-0.39, 0.29) is 7.92 Å². The molecule has 0 radical (unpaired) electrons. The highest BCUT2D eigenvalue weighted by Crippen LogP contribution is 2.58. The fourth-order valence-electron chi connectivity index (χ4n) is 3.81. The van der Waals surface area contributed by atoms with Gasteiger partial charge in [-0.05, 0) is 79.8 Å². The van der Waals surface area contributed by atoms with Crippen LogP contribution in [0.5, 0.6) is 0 Å². The summed E-state index contributed by atoms with van der Waals surface area (Å²) in [5.41, 5.74) is 6.57. The number of hydrogen-bond acceptors (Lipinski definition) is 0. The van der Waals surface area contributed by atoms with E-state index >= 15 is 0 Å². The molecule has 2 atom stereocenters. The van der Waals surface area contributed by atoms with Gasteiger partial charge in [0.15, 0.2) is 0 Å². The summed E-state index contributed by atoms with van der Waals surface area (Å²) in [6, 6.07) is 4.84. The number of benzene rings is 1. The molecule has 2 rings (SSSR count). The minimum Gasteiger partial charge on any atom is -0.0687 e. The standard InChI is InChI=1S/C19H31P/c1-6-8-17-11-12-18(9-7-2)20(17)19-13-10-14(3)15(4)16(19)5/h10,13,17-18H,6-9,11-12H2,1-5H3. The minimum atomic E-state index is 0.0717. The van der Waals surface area contributed by atoms with Crippen molar-refractivity contribution in [3.8, 4) is 0 Å². The van der Waals surface area contributed by atoms with Gasteiger partial charge in [0.2, 0.25) is 0 Å². The monoisotopic (exact) mass is 290 g/mol. The van der Waals surface area contributed by atoms with Crippen LogP contribution in [-0.4, -0.2) is 11.3 Å². The van der Waals surface area contributed by atoms with Gasteiger partial charge in [0, 0.05) is 0 Å². The molecule has 1 heteroatoms. The van der Waals surface area contributed by atoms with Crippen molar-refractivity contribution < 1.29 is 0 Å². The summed E-state index contributed by atoms with van der Waals surface area (Å²) in [6.07, 6.45) is 8.56. The molecule has 112 valence electrons. The van der Waals surface area contributed by atoms with Crippen LogP contribution in [0.2, 0.25) is 0 Å². The highest BCUT2D eigenvalue weighted by molar-refractivity contribution is 7.67. The van der Waals surface area contributed by atoms with Crippen LogP contribution in [0.1, 0.15) is 69.1 Å². The first kappa shape index (κ1) is 16.0. The first-order valence-electron chi connectivity index (χ1n) is 8.45. The molecule has 0 aliphatic carbocycles. The maximum atomic E-state index is 2.47. The zero-order valence-electron chi connectivity index (χ0n) is 14.0. The van der Waals surface area contributed by atoms with Crippen LogP contribution in [0.25, 0.3) is 0 Å². The summed E-state index contributed by atoms with van der Waals surface area (Å²) in [6.45, 7) is 11.6. The first-order valence-corrected chi connectivity index (χ1v) is 9.93. The van der Waals surface area contributed by atoms with Crippen LogP contribution < -0.4 is 5.30 Å². The summed E-state index contributed by atoms with van der Waals surface area (Å²) in [5.74, 6) is 0. The van der Waals surface area contributed by atoms with Gasteiger partial charge in [0.25, 0.3) is 0 Å². The number of hydrogen-bond donors (Lipinski definition) is 0. The summed E-state index contributed by atoms with van der Waals surface area (Å²) in [7, 11) is 0.0717. The van der Waals surface area contributed by atoms with Crippen molar-refractivity contribution in [2.75, 3.05) is 0 Å². The third-order valence-electron chi connectivity index (χ3n) is 5.17. The van der Waals surface area contributed by atoms with Gasteiger partial charge in [-0.15, -0.1) is 0 Å². The van der Waals surface area contributed by atoms with Gasteiger partial charge in [-0.3, -0.25) is 0 Å². The quantitative estimate of drug-likeness (QED) is 0.597. The van der Waals surface area contributed by atoms with E-state index in [0.29, 0.717) is 0 Å². The van der Waals surface area contributed by atoms with Crippen LogP contribution in [-0.2, 0) is 0 Å². The van der Waals surface area contributed by atoms with E-state index in [4.69, 9.17) is 0 Å². The second-order valence-electron chi connectivity index (χ2n) is 6.52.